The van der Waals surface area contributed by atoms with Gasteiger partial charge in [0.15, 0.2) is 5.96 Å². The molecule has 0 aromatic heterocycles. The number of methoxy groups -OCH3 is 1. The standard InChI is InChI=1S/C15H22N4O2/c1-21-13-6-4-5-12(11-13)18-15(16)17-8-7-14(20)19-9-2-3-10-19/h4-6,11H,2-3,7-10H2,1H3,(H3,16,17,18). The minimum absolute atomic E-state index is 0.158. The molecule has 114 valence electrons. The molecule has 2 rings (SSSR count). The molecule has 1 amide bonds. The molecule has 1 fully saturated rings. The second kappa shape index (κ2) is 7.52. The van der Waals surface area contributed by atoms with Crippen LogP contribution in [0.25, 0.3) is 0 Å². The number of amides is 1. The number of nitrogens with one attached hydrogen (secondary N) is 1. The maximum absolute atomic E-state index is 11.8. The highest BCUT2D eigenvalue weighted by atomic mass is 16.5. The lowest BCUT2D eigenvalue weighted by atomic mass is 10.3. The van der Waals surface area contributed by atoms with Crippen LogP contribution >= 0.6 is 0 Å². The van der Waals surface area contributed by atoms with Crippen molar-refractivity contribution in [2.24, 2.45) is 10.7 Å². The van der Waals surface area contributed by atoms with Gasteiger partial charge < -0.3 is 20.7 Å². The first-order valence-electron chi connectivity index (χ1n) is 7.18. The number of aliphatic imine (C=N–C) groups is 1. The Labute approximate surface area is 125 Å². The summed E-state index contributed by atoms with van der Waals surface area (Å²) in [6, 6.07) is 7.43. The summed E-state index contributed by atoms with van der Waals surface area (Å²) in [4.78, 5) is 17.9. The first kappa shape index (κ1) is 15.2. The molecule has 1 aromatic rings. The number of guanidine groups is 1. The minimum atomic E-state index is 0.158. The quantitative estimate of drug-likeness (QED) is 0.635. The summed E-state index contributed by atoms with van der Waals surface area (Å²) in [6.45, 7) is 2.15. The van der Waals surface area contributed by atoms with E-state index < -0.39 is 0 Å². The van der Waals surface area contributed by atoms with Gasteiger partial charge in [-0.3, -0.25) is 9.79 Å². The third kappa shape index (κ3) is 4.66. The molecule has 1 aliphatic rings. The van der Waals surface area contributed by atoms with Gasteiger partial charge in [-0.2, -0.15) is 0 Å². The van der Waals surface area contributed by atoms with E-state index in [9.17, 15) is 4.79 Å². The van der Waals surface area contributed by atoms with E-state index in [-0.39, 0.29) is 5.91 Å². The summed E-state index contributed by atoms with van der Waals surface area (Å²) >= 11 is 0. The summed E-state index contributed by atoms with van der Waals surface area (Å²) < 4.78 is 5.14. The molecule has 0 bridgehead atoms. The van der Waals surface area contributed by atoms with Crippen LogP contribution in [-0.2, 0) is 4.79 Å². The first-order chi connectivity index (χ1) is 10.2. The van der Waals surface area contributed by atoms with Gasteiger partial charge in [0.1, 0.15) is 5.75 Å². The maximum Gasteiger partial charge on any atom is 0.224 e. The summed E-state index contributed by atoms with van der Waals surface area (Å²) in [6.07, 6.45) is 2.61. The molecule has 1 heterocycles. The number of likely N-dealkylation sites (tertiary alicyclic amines) is 1. The monoisotopic (exact) mass is 290 g/mol. The predicted octanol–water partition coefficient (Wildman–Crippen LogP) is 1.43. The average Bonchev–Trinajstić information content (AvgIpc) is 3.01. The molecule has 0 saturated carbocycles. The molecule has 1 saturated heterocycles. The van der Waals surface area contributed by atoms with Crippen molar-refractivity contribution in [1.82, 2.24) is 4.90 Å². The highest BCUT2D eigenvalue weighted by molar-refractivity contribution is 5.92. The van der Waals surface area contributed by atoms with Crippen LogP contribution in [0.4, 0.5) is 5.69 Å². The Hall–Kier alpha value is -2.24. The van der Waals surface area contributed by atoms with Crippen molar-refractivity contribution in [2.45, 2.75) is 19.3 Å². The number of nitrogens with zero attached hydrogens (tertiary/aromatic N) is 2. The van der Waals surface area contributed by atoms with Gasteiger partial charge >= 0.3 is 0 Å². The molecule has 21 heavy (non-hydrogen) atoms. The van der Waals surface area contributed by atoms with Gasteiger partial charge in [-0.25, -0.2) is 0 Å². The second-order valence-corrected chi connectivity index (χ2v) is 4.96. The van der Waals surface area contributed by atoms with Gasteiger partial charge in [-0.15, -0.1) is 0 Å². The summed E-state index contributed by atoms with van der Waals surface area (Å²) in [7, 11) is 1.61. The van der Waals surface area contributed by atoms with Crippen LogP contribution in [0.2, 0.25) is 0 Å². The molecule has 6 nitrogen and oxygen atoms in total. The molecular weight excluding hydrogens is 268 g/mol. The van der Waals surface area contributed by atoms with Gasteiger partial charge in [0, 0.05) is 31.3 Å². The van der Waals surface area contributed by atoms with E-state index in [2.05, 4.69) is 10.3 Å². The molecule has 0 unspecified atom stereocenters. The predicted molar refractivity (Wildman–Crippen MR) is 83.5 cm³/mol. The Bertz CT molecular complexity index is 510. The van der Waals surface area contributed by atoms with Crippen molar-refractivity contribution in [3.8, 4) is 5.75 Å². The lowest BCUT2D eigenvalue weighted by Gasteiger charge is -2.14. The number of carbonyl (C=O) groups is 1. The molecule has 0 spiro atoms. The largest absolute Gasteiger partial charge is 0.497 e. The number of hydrogen-bond donors (Lipinski definition) is 2. The van der Waals surface area contributed by atoms with E-state index in [1.54, 1.807) is 7.11 Å². The summed E-state index contributed by atoms with van der Waals surface area (Å²) in [5, 5.41) is 2.98. The fourth-order valence-corrected chi connectivity index (χ4v) is 2.28. The molecule has 1 aliphatic heterocycles. The van der Waals surface area contributed by atoms with E-state index in [4.69, 9.17) is 10.5 Å². The normalized spacial score (nSPS) is 15.1. The molecule has 3 N–H and O–H groups in total. The smallest absolute Gasteiger partial charge is 0.224 e. The lowest BCUT2D eigenvalue weighted by Crippen LogP contribution is -2.28. The third-order valence-corrected chi connectivity index (χ3v) is 3.41. The van der Waals surface area contributed by atoms with Crippen molar-refractivity contribution in [3.05, 3.63) is 24.3 Å². The number of anilines is 1. The molecule has 0 radical (unpaired) electrons. The maximum atomic E-state index is 11.8. The Morgan fingerprint density at radius 1 is 1.43 bits per heavy atom. The topological polar surface area (TPSA) is 80.0 Å². The van der Waals surface area contributed by atoms with Crippen LogP contribution in [0.1, 0.15) is 19.3 Å². The van der Waals surface area contributed by atoms with Crippen LogP contribution in [0.15, 0.2) is 29.3 Å². The number of benzene rings is 1. The van der Waals surface area contributed by atoms with E-state index in [0.717, 1.165) is 37.4 Å². The zero-order chi connectivity index (χ0) is 15.1. The van der Waals surface area contributed by atoms with Crippen molar-refractivity contribution in [1.29, 1.82) is 0 Å². The average molecular weight is 290 g/mol. The Morgan fingerprint density at radius 2 is 2.19 bits per heavy atom. The minimum Gasteiger partial charge on any atom is -0.497 e. The molecule has 1 aromatic carbocycles. The number of nitrogens with two attached hydrogens (primary N) is 1. The van der Waals surface area contributed by atoms with Gasteiger partial charge in [-0.05, 0) is 25.0 Å². The van der Waals surface area contributed by atoms with Crippen LogP contribution < -0.4 is 15.8 Å². The Morgan fingerprint density at radius 3 is 2.90 bits per heavy atom. The second-order valence-electron chi connectivity index (χ2n) is 4.96. The molecule has 6 heteroatoms. The fraction of sp³-hybridized carbons (Fsp3) is 0.467. The number of rotatable bonds is 5. The van der Waals surface area contributed by atoms with Crippen molar-refractivity contribution in [2.75, 3.05) is 32.1 Å². The third-order valence-electron chi connectivity index (χ3n) is 3.41. The van der Waals surface area contributed by atoms with Crippen LogP contribution in [0.5, 0.6) is 5.75 Å². The highest BCUT2D eigenvalue weighted by Gasteiger charge is 2.16. The van der Waals surface area contributed by atoms with E-state index >= 15 is 0 Å². The van der Waals surface area contributed by atoms with E-state index in [1.807, 2.05) is 29.2 Å². The van der Waals surface area contributed by atoms with E-state index in [0.29, 0.717) is 18.9 Å². The van der Waals surface area contributed by atoms with Gasteiger partial charge in [0.05, 0.1) is 13.7 Å². The lowest BCUT2D eigenvalue weighted by molar-refractivity contribution is -0.129. The molecule has 0 atom stereocenters. The molecular formula is C15H22N4O2. The van der Waals surface area contributed by atoms with Gasteiger partial charge in [-0.1, -0.05) is 6.07 Å². The summed E-state index contributed by atoms with van der Waals surface area (Å²) in [5.41, 5.74) is 6.62. The van der Waals surface area contributed by atoms with Crippen molar-refractivity contribution < 1.29 is 9.53 Å². The first-order valence-corrected chi connectivity index (χ1v) is 7.18. The molecule has 0 aliphatic carbocycles. The number of ether oxygens (including phenoxy) is 1. The van der Waals surface area contributed by atoms with Crippen LogP contribution in [0.3, 0.4) is 0 Å². The number of carbonyl (C=O) groups excluding carboxylic acids is 1. The van der Waals surface area contributed by atoms with Gasteiger partial charge in [0.25, 0.3) is 0 Å². The Balaban J connectivity index is 1.79. The van der Waals surface area contributed by atoms with E-state index in [1.165, 1.54) is 0 Å². The summed E-state index contributed by atoms with van der Waals surface area (Å²) in [5.74, 6) is 1.21. The van der Waals surface area contributed by atoms with Crippen LogP contribution in [-0.4, -0.2) is 43.5 Å². The van der Waals surface area contributed by atoms with Crippen LogP contribution in [0, 0.1) is 0 Å². The SMILES string of the molecule is COc1cccc(NC(N)=NCCC(=O)N2CCCC2)c1. The Kier molecular flexibility index (Phi) is 5.43. The highest BCUT2D eigenvalue weighted by Crippen LogP contribution is 2.16. The zero-order valence-corrected chi connectivity index (χ0v) is 12.3. The zero-order valence-electron chi connectivity index (χ0n) is 12.3. The number of hydrogen-bond acceptors (Lipinski definition) is 3. The van der Waals surface area contributed by atoms with Crippen molar-refractivity contribution >= 4 is 17.6 Å². The van der Waals surface area contributed by atoms with Gasteiger partial charge in [0.2, 0.25) is 5.91 Å². The fourth-order valence-electron chi connectivity index (χ4n) is 2.28. The van der Waals surface area contributed by atoms with Crippen molar-refractivity contribution in [3.63, 3.8) is 0 Å².